The van der Waals surface area contributed by atoms with Gasteiger partial charge >= 0.3 is 0 Å². The SMILES string of the molecule is CCc1nnc2n1CC(NCc1cnn(Cc3ccccc3)c1)CC2. The molecule has 0 aliphatic carbocycles. The second-order valence-corrected chi connectivity index (χ2v) is 6.64. The third kappa shape index (κ3) is 3.64. The first-order valence-corrected chi connectivity index (χ1v) is 9.01. The molecule has 1 aliphatic rings. The first-order valence-electron chi connectivity index (χ1n) is 9.01. The van der Waals surface area contributed by atoms with E-state index in [0.717, 1.165) is 50.5 Å². The van der Waals surface area contributed by atoms with Gasteiger partial charge < -0.3 is 9.88 Å². The monoisotopic (exact) mass is 336 g/mol. The van der Waals surface area contributed by atoms with Gasteiger partial charge in [-0.25, -0.2) is 0 Å². The molecular formula is C19H24N6. The molecule has 130 valence electrons. The molecule has 6 heteroatoms. The first kappa shape index (κ1) is 16.0. The van der Waals surface area contributed by atoms with Crippen LogP contribution in [0.2, 0.25) is 0 Å². The first-order chi connectivity index (χ1) is 12.3. The molecule has 0 spiro atoms. The van der Waals surface area contributed by atoms with Gasteiger partial charge in [-0.2, -0.15) is 5.10 Å². The van der Waals surface area contributed by atoms with E-state index in [1.54, 1.807) is 0 Å². The number of nitrogens with zero attached hydrogens (tertiary/aromatic N) is 5. The summed E-state index contributed by atoms with van der Waals surface area (Å²) in [5, 5.41) is 16.7. The van der Waals surface area contributed by atoms with Gasteiger partial charge in [-0.3, -0.25) is 4.68 Å². The lowest BCUT2D eigenvalue weighted by atomic mass is 10.1. The van der Waals surface area contributed by atoms with Crippen molar-refractivity contribution in [1.82, 2.24) is 29.9 Å². The van der Waals surface area contributed by atoms with Gasteiger partial charge in [0.05, 0.1) is 12.7 Å². The minimum Gasteiger partial charge on any atom is -0.313 e. The second-order valence-electron chi connectivity index (χ2n) is 6.64. The van der Waals surface area contributed by atoms with Crippen LogP contribution in [0.4, 0.5) is 0 Å². The van der Waals surface area contributed by atoms with Crippen LogP contribution in [0.1, 0.15) is 36.1 Å². The Hall–Kier alpha value is -2.47. The molecule has 25 heavy (non-hydrogen) atoms. The van der Waals surface area contributed by atoms with E-state index in [1.165, 1.54) is 11.1 Å². The molecule has 1 N–H and O–H groups in total. The largest absolute Gasteiger partial charge is 0.313 e. The molecule has 4 rings (SSSR count). The lowest BCUT2D eigenvalue weighted by Gasteiger charge is -2.25. The molecule has 0 fully saturated rings. The number of fused-ring (bicyclic) bond motifs is 1. The summed E-state index contributed by atoms with van der Waals surface area (Å²) in [6.07, 6.45) is 7.13. The minimum atomic E-state index is 0.464. The molecule has 0 saturated heterocycles. The molecule has 3 aromatic rings. The van der Waals surface area contributed by atoms with Crippen molar-refractivity contribution in [1.29, 1.82) is 0 Å². The summed E-state index contributed by atoms with van der Waals surface area (Å²) in [7, 11) is 0. The normalized spacial score (nSPS) is 16.8. The molecule has 0 bridgehead atoms. The highest BCUT2D eigenvalue weighted by Gasteiger charge is 2.21. The van der Waals surface area contributed by atoms with Gasteiger partial charge in [0, 0.05) is 43.7 Å². The van der Waals surface area contributed by atoms with Crippen molar-refractivity contribution in [2.45, 2.75) is 51.9 Å². The van der Waals surface area contributed by atoms with E-state index in [1.807, 2.05) is 16.9 Å². The van der Waals surface area contributed by atoms with Crippen molar-refractivity contribution in [3.05, 3.63) is 65.5 Å². The van der Waals surface area contributed by atoms with Crippen LogP contribution in [-0.2, 0) is 32.5 Å². The van der Waals surface area contributed by atoms with E-state index < -0.39 is 0 Å². The number of nitrogens with one attached hydrogen (secondary N) is 1. The molecule has 1 atom stereocenters. The minimum absolute atomic E-state index is 0.464. The van der Waals surface area contributed by atoms with Gasteiger partial charge in [0.15, 0.2) is 0 Å². The topological polar surface area (TPSA) is 60.6 Å². The summed E-state index contributed by atoms with van der Waals surface area (Å²) in [6, 6.07) is 10.9. The van der Waals surface area contributed by atoms with Crippen LogP contribution >= 0.6 is 0 Å². The van der Waals surface area contributed by atoms with Crippen molar-refractivity contribution in [2.24, 2.45) is 0 Å². The van der Waals surface area contributed by atoms with Gasteiger partial charge in [-0.1, -0.05) is 37.3 Å². The Morgan fingerprint density at radius 1 is 1.16 bits per heavy atom. The number of aryl methyl sites for hydroxylation is 2. The Morgan fingerprint density at radius 2 is 2.04 bits per heavy atom. The van der Waals surface area contributed by atoms with E-state index in [9.17, 15) is 0 Å². The molecule has 0 amide bonds. The molecule has 0 radical (unpaired) electrons. The second kappa shape index (κ2) is 7.19. The quantitative estimate of drug-likeness (QED) is 0.750. The Kier molecular flexibility index (Phi) is 4.61. The predicted molar refractivity (Wildman–Crippen MR) is 96.1 cm³/mol. The Balaban J connectivity index is 1.33. The maximum atomic E-state index is 4.48. The van der Waals surface area contributed by atoms with Crippen LogP contribution < -0.4 is 5.32 Å². The number of rotatable bonds is 6. The number of aromatic nitrogens is 5. The lowest BCUT2D eigenvalue weighted by Crippen LogP contribution is -2.37. The van der Waals surface area contributed by atoms with E-state index in [2.05, 4.69) is 62.6 Å². The predicted octanol–water partition coefficient (Wildman–Crippen LogP) is 2.19. The lowest BCUT2D eigenvalue weighted by molar-refractivity contribution is 0.373. The summed E-state index contributed by atoms with van der Waals surface area (Å²) in [6.45, 7) is 4.76. The number of benzene rings is 1. The summed E-state index contributed by atoms with van der Waals surface area (Å²) in [4.78, 5) is 0. The van der Waals surface area contributed by atoms with Gasteiger partial charge in [0.2, 0.25) is 0 Å². The van der Waals surface area contributed by atoms with Gasteiger partial charge in [0.1, 0.15) is 11.6 Å². The van der Waals surface area contributed by atoms with Crippen molar-refractivity contribution < 1.29 is 0 Å². The Morgan fingerprint density at radius 3 is 2.88 bits per heavy atom. The maximum absolute atomic E-state index is 4.48. The van der Waals surface area contributed by atoms with Gasteiger partial charge in [-0.05, 0) is 12.0 Å². The molecule has 1 aliphatic heterocycles. The number of hydrogen-bond acceptors (Lipinski definition) is 4. The van der Waals surface area contributed by atoms with Gasteiger partial charge in [0.25, 0.3) is 0 Å². The van der Waals surface area contributed by atoms with Crippen LogP contribution in [0.15, 0.2) is 42.7 Å². The Bertz CT molecular complexity index is 806. The fourth-order valence-electron chi connectivity index (χ4n) is 3.43. The molecule has 3 heterocycles. The molecule has 1 unspecified atom stereocenters. The van der Waals surface area contributed by atoms with E-state index >= 15 is 0 Å². The summed E-state index contributed by atoms with van der Waals surface area (Å²) in [5.41, 5.74) is 2.49. The van der Waals surface area contributed by atoms with Crippen molar-refractivity contribution >= 4 is 0 Å². The molecule has 0 saturated carbocycles. The zero-order chi connectivity index (χ0) is 17.1. The molecule has 2 aromatic heterocycles. The summed E-state index contributed by atoms with van der Waals surface area (Å²) in [5.74, 6) is 2.22. The smallest absolute Gasteiger partial charge is 0.133 e. The fourth-order valence-corrected chi connectivity index (χ4v) is 3.43. The van der Waals surface area contributed by atoms with Gasteiger partial charge in [-0.15, -0.1) is 10.2 Å². The van der Waals surface area contributed by atoms with Crippen LogP contribution in [0.25, 0.3) is 0 Å². The van der Waals surface area contributed by atoms with Crippen molar-refractivity contribution in [2.75, 3.05) is 0 Å². The van der Waals surface area contributed by atoms with Crippen LogP contribution in [0, 0.1) is 0 Å². The maximum Gasteiger partial charge on any atom is 0.133 e. The fraction of sp³-hybridized carbons (Fsp3) is 0.421. The highest BCUT2D eigenvalue weighted by Crippen LogP contribution is 2.16. The standard InChI is InChI=1S/C19H24N6/c1-2-18-22-23-19-9-8-17(14-25(18)19)20-10-16-11-21-24(13-16)12-15-6-4-3-5-7-15/h3-7,11,13,17,20H,2,8-10,12,14H2,1H3. The van der Waals surface area contributed by atoms with Crippen LogP contribution in [0.3, 0.4) is 0 Å². The van der Waals surface area contributed by atoms with E-state index in [4.69, 9.17) is 0 Å². The van der Waals surface area contributed by atoms with E-state index in [0.29, 0.717) is 6.04 Å². The third-order valence-corrected chi connectivity index (χ3v) is 4.81. The average molecular weight is 336 g/mol. The highest BCUT2D eigenvalue weighted by molar-refractivity contribution is 5.15. The third-order valence-electron chi connectivity index (χ3n) is 4.81. The Labute approximate surface area is 147 Å². The van der Waals surface area contributed by atoms with Crippen molar-refractivity contribution in [3.8, 4) is 0 Å². The average Bonchev–Trinajstić information content (AvgIpc) is 3.27. The molecule has 1 aromatic carbocycles. The summed E-state index contributed by atoms with van der Waals surface area (Å²) < 4.78 is 4.28. The van der Waals surface area contributed by atoms with Crippen LogP contribution in [-0.4, -0.2) is 30.6 Å². The molecular weight excluding hydrogens is 312 g/mol. The van der Waals surface area contributed by atoms with Crippen LogP contribution in [0.5, 0.6) is 0 Å². The summed E-state index contributed by atoms with van der Waals surface area (Å²) >= 11 is 0. The zero-order valence-electron chi connectivity index (χ0n) is 14.6. The number of hydrogen-bond donors (Lipinski definition) is 1. The van der Waals surface area contributed by atoms with E-state index in [-0.39, 0.29) is 0 Å². The van der Waals surface area contributed by atoms with Crippen molar-refractivity contribution in [3.63, 3.8) is 0 Å². The molecule has 6 nitrogen and oxygen atoms in total. The highest BCUT2D eigenvalue weighted by atomic mass is 15.3. The zero-order valence-corrected chi connectivity index (χ0v) is 14.6.